The molecule has 1 heterocycles. The van der Waals surface area contributed by atoms with Crippen LogP contribution >= 0.6 is 0 Å². The molecule has 0 radical (unpaired) electrons. The minimum atomic E-state index is -4.69. The van der Waals surface area contributed by atoms with E-state index in [9.17, 15) is 18.0 Å². The smallest absolute Gasteiger partial charge is 0.402 e. The van der Waals surface area contributed by atoms with Crippen molar-refractivity contribution >= 4 is 5.97 Å². The highest BCUT2D eigenvalue weighted by Gasteiger charge is 2.50. The van der Waals surface area contributed by atoms with Crippen molar-refractivity contribution in [3.8, 4) is 0 Å². The second-order valence-electron chi connectivity index (χ2n) is 6.60. The maximum absolute atomic E-state index is 12.8. The fraction of sp³-hybridized carbons (Fsp3) is 0.933. The van der Waals surface area contributed by atoms with Gasteiger partial charge in [-0.1, -0.05) is 26.7 Å². The number of carboxylic acid groups (broad SMARTS) is 1. The fourth-order valence-corrected chi connectivity index (χ4v) is 3.59. The highest BCUT2D eigenvalue weighted by Crippen LogP contribution is 2.44. The Labute approximate surface area is 122 Å². The molecule has 1 N–H and O–H groups in total. The van der Waals surface area contributed by atoms with Gasteiger partial charge in [0.15, 0.2) is 5.92 Å². The lowest BCUT2D eigenvalue weighted by Crippen LogP contribution is -2.38. The number of fused-ring (bicyclic) bond motifs is 1. The van der Waals surface area contributed by atoms with Crippen LogP contribution in [0.15, 0.2) is 0 Å². The molecule has 3 nitrogen and oxygen atoms in total. The van der Waals surface area contributed by atoms with Crippen molar-refractivity contribution in [2.75, 3.05) is 0 Å². The molecule has 0 aromatic heterocycles. The molecule has 1 saturated carbocycles. The van der Waals surface area contributed by atoms with Gasteiger partial charge >= 0.3 is 12.1 Å². The first kappa shape index (κ1) is 16.6. The van der Waals surface area contributed by atoms with Gasteiger partial charge in [0.2, 0.25) is 0 Å². The largest absolute Gasteiger partial charge is 0.481 e. The molecule has 1 aliphatic heterocycles. The van der Waals surface area contributed by atoms with E-state index in [1.54, 1.807) is 6.92 Å². The van der Waals surface area contributed by atoms with Gasteiger partial charge in [0.05, 0.1) is 12.2 Å². The molecule has 6 atom stereocenters. The third kappa shape index (κ3) is 3.90. The minimum Gasteiger partial charge on any atom is -0.481 e. The number of aliphatic carboxylic acids is 1. The molecule has 0 bridgehead atoms. The molecule has 1 saturated heterocycles. The van der Waals surface area contributed by atoms with Crippen LogP contribution < -0.4 is 0 Å². The quantitative estimate of drug-likeness (QED) is 0.758. The highest BCUT2D eigenvalue weighted by atomic mass is 19.4. The van der Waals surface area contributed by atoms with Gasteiger partial charge in [0.25, 0.3) is 0 Å². The molecule has 6 heteroatoms. The summed E-state index contributed by atoms with van der Waals surface area (Å²) in [5.41, 5.74) is 0. The Kier molecular flexibility index (Phi) is 4.85. The van der Waals surface area contributed by atoms with Gasteiger partial charge < -0.3 is 9.84 Å². The van der Waals surface area contributed by atoms with Crippen molar-refractivity contribution in [1.82, 2.24) is 0 Å². The Morgan fingerprint density at radius 2 is 2.00 bits per heavy atom. The molecule has 0 spiro atoms. The van der Waals surface area contributed by atoms with Crippen LogP contribution in [0.3, 0.4) is 0 Å². The van der Waals surface area contributed by atoms with Crippen LogP contribution in [0.2, 0.25) is 0 Å². The number of alkyl halides is 3. The Balaban J connectivity index is 1.86. The molecule has 0 aromatic carbocycles. The number of halogens is 3. The van der Waals surface area contributed by atoms with Gasteiger partial charge in [-0.2, -0.15) is 13.2 Å². The zero-order valence-corrected chi connectivity index (χ0v) is 12.4. The van der Waals surface area contributed by atoms with Crippen LogP contribution in [0.5, 0.6) is 0 Å². The van der Waals surface area contributed by atoms with Crippen LogP contribution in [0, 0.1) is 23.7 Å². The number of carbonyl (C=O) groups is 1. The van der Waals surface area contributed by atoms with Crippen molar-refractivity contribution in [2.24, 2.45) is 23.7 Å². The summed E-state index contributed by atoms with van der Waals surface area (Å²) >= 11 is 0. The third-order valence-corrected chi connectivity index (χ3v) is 5.18. The highest BCUT2D eigenvalue weighted by molar-refractivity contribution is 5.71. The van der Waals surface area contributed by atoms with Crippen LogP contribution in [-0.2, 0) is 9.53 Å². The number of epoxide rings is 1. The molecule has 122 valence electrons. The average molecular weight is 308 g/mol. The van der Waals surface area contributed by atoms with E-state index in [2.05, 4.69) is 0 Å². The second kappa shape index (κ2) is 6.15. The van der Waals surface area contributed by atoms with Crippen molar-refractivity contribution in [3.05, 3.63) is 0 Å². The van der Waals surface area contributed by atoms with Gasteiger partial charge in [-0.15, -0.1) is 0 Å². The summed E-state index contributed by atoms with van der Waals surface area (Å²) in [7, 11) is 0. The fourth-order valence-electron chi connectivity index (χ4n) is 3.59. The van der Waals surface area contributed by atoms with E-state index in [0.29, 0.717) is 24.5 Å². The van der Waals surface area contributed by atoms with Crippen LogP contribution in [-0.4, -0.2) is 29.5 Å². The van der Waals surface area contributed by atoms with Gasteiger partial charge in [-0.25, -0.2) is 0 Å². The molecule has 6 unspecified atom stereocenters. The number of rotatable bonds is 6. The normalized spacial score (nSPS) is 32.9. The monoisotopic (exact) mass is 308 g/mol. The molecule has 21 heavy (non-hydrogen) atoms. The Morgan fingerprint density at radius 1 is 1.33 bits per heavy atom. The molecule has 2 aliphatic rings. The van der Waals surface area contributed by atoms with Gasteiger partial charge in [-0.3, -0.25) is 4.79 Å². The molecule has 0 aromatic rings. The Morgan fingerprint density at radius 3 is 2.57 bits per heavy atom. The maximum Gasteiger partial charge on any atom is 0.402 e. The summed E-state index contributed by atoms with van der Waals surface area (Å²) in [6, 6.07) is 0. The Bertz CT molecular complexity index is 383. The summed E-state index contributed by atoms with van der Waals surface area (Å²) < 4.78 is 44.1. The third-order valence-electron chi connectivity index (χ3n) is 5.18. The number of carboxylic acids is 1. The summed E-state index contributed by atoms with van der Waals surface area (Å²) in [4.78, 5) is 10.9. The van der Waals surface area contributed by atoms with Crippen molar-refractivity contribution < 1.29 is 27.8 Å². The standard InChI is InChI=1S/C15H23F3O3/c1-8(9(2)12(14(19)20)15(16,17)18)6-7-10-4-3-5-11-13(10)21-11/h8-13H,3-7H2,1-2H3,(H,19,20). The van der Waals surface area contributed by atoms with Crippen molar-refractivity contribution in [2.45, 2.75) is 64.3 Å². The van der Waals surface area contributed by atoms with E-state index in [4.69, 9.17) is 9.84 Å². The Hall–Kier alpha value is -0.780. The lowest BCUT2D eigenvalue weighted by Gasteiger charge is -2.29. The summed E-state index contributed by atoms with van der Waals surface area (Å²) in [5, 5.41) is 8.85. The zero-order valence-electron chi connectivity index (χ0n) is 12.4. The summed E-state index contributed by atoms with van der Waals surface area (Å²) in [5.74, 6) is -4.80. The number of hydrogen-bond acceptors (Lipinski definition) is 2. The predicted molar refractivity (Wildman–Crippen MR) is 70.7 cm³/mol. The van der Waals surface area contributed by atoms with Gasteiger partial charge in [-0.05, 0) is 37.0 Å². The van der Waals surface area contributed by atoms with E-state index in [1.807, 2.05) is 0 Å². The molecule has 0 amide bonds. The zero-order chi connectivity index (χ0) is 15.8. The first-order valence-corrected chi connectivity index (χ1v) is 7.66. The van der Waals surface area contributed by atoms with Crippen LogP contribution in [0.1, 0.15) is 46.0 Å². The van der Waals surface area contributed by atoms with Gasteiger partial charge in [0, 0.05) is 0 Å². The van der Waals surface area contributed by atoms with Gasteiger partial charge in [0.1, 0.15) is 0 Å². The first-order chi connectivity index (χ1) is 9.71. The van der Waals surface area contributed by atoms with Crippen molar-refractivity contribution in [3.63, 3.8) is 0 Å². The van der Waals surface area contributed by atoms with Crippen LogP contribution in [0.4, 0.5) is 13.2 Å². The predicted octanol–water partition coefficient (Wildman–Crippen LogP) is 3.87. The number of ether oxygens (including phenoxy) is 1. The topological polar surface area (TPSA) is 49.8 Å². The maximum atomic E-state index is 12.8. The summed E-state index contributed by atoms with van der Waals surface area (Å²) in [6.07, 6.45) is 0.740. The lowest BCUT2D eigenvalue weighted by molar-refractivity contribution is -0.206. The SMILES string of the molecule is CC(CCC1CCCC2OC12)C(C)C(C(=O)O)C(F)(F)F. The number of hydrogen-bond donors (Lipinski definition) is 1. The minimum absolute atomic E-state index is 0.271. The van der Waals surface area contributed by atoms with E-state index in [0.717, 1.165) is 25.7 Å². The molecular weight excluding hydrogens is 285 g/mol. The van der Waals surface area contributed by atoms with Crippen molar-refractivity contribution in [1.29, 1.82) is 0 Å². The van der Waals surface area contributed by atoms with E-state index in [-0.39, 0.29) is 5.92 Å². The van der Waals surface area contributed by atoms with E-state index >= 15 is 0 Å². The molecular formula is C15H23F3O3. The second-order valence-corrected chi connectivity index (χ2v) is 6.60. The average Bonchev–Trinajstić information content (AvgIpc) is 3.12. The molecule has 2 rings (SSSR count). The first-order valence-electron chi connectivity index (χ1n) is 7.66. The molecule has 2 fully saturated rings. The lowest BCUT2D eigenvalue weighted by atomic mass is 9.78. The van der Waals surface area contributed by atoms with Crippen LogP contribution in [0.25, 0.3) is 0 Å². The molecule has 1 aliphatic carbocycles. The van der Waals surface area contributed by atoms with E-state index < -0.39 is 24.0 Å². The van der Waals surface area contributed by atoms with E-state index in [1.165, 1.54) is 6.92 Å². The summed E-state index contributed by atoms with van der Waals surface area (Å²) in [6.45, 7) is 3.12.